The molecule has 4 rings (SSSR count). The highest BCUT2D eigenvalue weighted by molar-refractivity contribution is 5.88. The highest BCUT2D eigenvalue weighted by Crippen LogP contribution is 2.68. The van der Waals surface area contributed by atoms with Gasteiger partial charge in [-0.2, -0.15) is 0 Å². The van der Waals surface area contributed by atoms with Crippen LogP contribution in [0.4, 0.5) is 0 Å². The number of carbonyl (C=O) groups excluding carboxylic acids is 2. The first-order chi connectivity index (χ1) is 12.1. The van der Waals surface area contributed by atoms with Gasteiger partial charge in [0.1, 0.15) is 11.9 Å². The molecule has 0 aliphatic heterocycles. The van der Waals surface area contributed by atoms with E-state index in [4.69, 9.17) is 4.74 Å². The number of rotatable bonds is 1. The van der Waals surface area contributed by atoms with Gasteiger partial charge in [0.25, 0.3) is 0 Å². The predicted molar refractivity (Wildman–Crippen MR) is 95.2 cm³/mol. The molecule has 0 radical (unpaired) electrons. The molecule has 0 aromatic rings. The van der Waals surface area contributed by atoms with Crippen molar-refractivity contribution in [2.24, 2.45) is 22.7 Å². The van der Waals surface area contributed by atoms with Crippen LogP contribution in [0.1, 0.15) is 78.6 Å². The van der Waals surface area contributed by atoms with Crippen LogP contribution in [-0.4, -0.2) is 39.3 Å². The van der Waals surface area contributed by atoms with E-state index in [9.17, 15) is 19.8 Å². The maximum atomic E-state index is 12.5. The molecule has 0 saturated heterocycles. The molecule has 4 fully saturated rings. The van der Waals surface area contributed by atoms with Crippen molar-refractivity contribution in [2.75, 3.05) is 0 Å². The minimum Gasteiger partial charge on any atom is -0.462 e. The van der Waals surface area contributed by atoms with Crippen molar-refractivity contribution in [1.82, 2.24) is 0 Å². The van der Waals surface area contributed by atoms with Crippen LogP contribution in [0.5, 0.6) is 0 Å². The number of hydrogen-bond donors (Lipinski definition) is 2. The molecule has 0 heterocycles. The second-order valence-corrected chi connectivity index (χ2v) is 9.89. The molecule has 146 valence electrons. The zero-order valence-electron chi connectivity index (χ0n) is 16.2. The van der Waals surface area contributed by atoms with Gasteiger partial charge in [-0.05, 0) is 69.1 Å². The Labute approximate surface area is 155 Å². The lowest BCUT2D eigenvalue weighted by Crippen LogP contribution is -2.67. The highest BCUT2D eigenvalue weighted by Gasteiger charge is 2.70. The fourth-order valence-corrected chi connectivity index (χ4v) is 7.28. The molecule has 4 aliphatic rings. The van der Waals surface area contributed by atoms with Gasteiger partial charge in [0.2, 0.25) is 0 Å². The summed E-state index contributed by atoms with van der Waals surface area (Å²) in [7, 11) is 0. The van der Waals surface area contributed by atoms with E-state index in [1.165, 1.54) is 6.92 Å². The lowest BCUT2D eigenvalue weighted by Gasteiger charge is -2.65. The van der Waals surface area contributed by atoms with Crippen molar-refractivity contribution in [1.29, 1.82) is 0 Å². The molecule has 0 bridgehead atoms. The number of hydrogen-bond acceptors (Lipinski definition) is 5. The van der Waals surface area contributed by atoms with E-state index in [0.717, 1.165) is 25.7 Å². The minimum absolute atomic E-state index is 0.0725. The maximum absolute atomic E-state index is 12.5. The molecule has 4 aliphatic carbocycles. The molecule has 7 atom stereocenters. The summed E-state index contributed by atoms with van der Waals surface area (Å²) in [6.45, 7) is 5.54. The Balaban J connectivity index is 1.64. The lowest BCUT2D eigenvalue weighted by molar-refractivity contribution is -0.251. The molecule has 0 aromatic heterocycles. The third-order valence-electron chi connectivity index (χ3n) is 8.99. The summed E-state index contributed by atoms with van der Waals surface area (Å²) in [4.78, 5) is 23.9. The molecule has 5 nitrogen and oxygen atoms in total. The van der Waals surface area contributed by atoms with E-state index in [-0.39, 0.29) is 35.1 Å². The van der Waals surface area contributed by atoms with Gasteiger partial charge in [0.15, 0.2) is 0 Å². The quantitative estimate of drug-likeness (QED) is 0.699. The topological polar surface area (TPSA) is 83.8 Å². The van der Waals surface area contributed by atoms with Gasteiger partial charge in [-0.3, -0.25) is 9.59 Å². The van der Waals surface area contributed by atoms with E-state index < -0.39 is 16.6 Å². The molecule has 0 spiro atoms. The number of esters is 1. The second kappa shape index (κ2) is 5.54. The van der Waals surface area contributed by atoms with Crippen LogP contribution in [0.2, 0.25) is 0 Å². The maximum Gasteiger partial charge on any atom is 0.302 e. The zero-order chi connectivity index (χ0) is 19.0. The Morgan fingerprint density at radius 1 is 1.04 bits per heavy atom. The second-order valence-electron chi connectivity index (χ2n) is 9.89. The van der Waals surface area contributed by atoms with Crippen LogP contribution in [0, 0.1) is 22.7 Å². The van der Waals surface area contributed by atoms with Gasteiger partial charge in [0.05, 0.1) is 16.6 Å². The number of carbonyl (C=O) groups is 2. The first kappa shape index (κ1) is 18.4. The Morgan fingerprint density at radius 2 is 1.73 bits per heavy atom. The van der Waals surface area contributed by atoms with Crippen molar-refractivity contribution in [2.45, 2.75) is 95.9 Å². The first-order valence-electron chi connectivity index (χ1n) is 10.2. The van der Waals surface area contributed by atoms with Gasteiger partial charge in [-0.1, -0.05) is 6.92 Å². The molecular formula is C21H32O5. The zero-order valence-corrected chi connectivity index (χ0v) is 16.2. The molecular weight excluding hydrogens is 332 g/mol. The highest BCUT2D eigenvalue weighted by atomic mass is 16.5. The summed E-state index contributed by atoms with van der Waals surface area (Å²) in [5.41, 5.74) is -2.70. The van der Waals surface area contributed by atoms with Gasteiger partial charge in [0, 0.05) is 19.8 Å². The van der Waals surface area contributed by atoms with Crippen molar-refractivity contribution < 1.29 is 24.5 Å². The number of Topliss-reactive ketones (excluding diaryl/α,β-unsaturated/α-hetero) is 1. The summed E-state index contributed by atoms with van der Waals surface area (Å²) in [6, 6.07) is 0. The Bertz CT molecular complexity index is 646. The van der Waals surface area contributed by atoms with Gasteiger partial charge < -0.3 is 14.9 Å². The fourth-order valence-electron chi connectivity index (χ4n) is 7.28. The third-order valence-corrected chi connectivity index (χ3v) is 8.99. The van der Waals surface area contributed by atoms with Crippen molar-refractivity contribution in [3.63, 3.8) is 0 Å². The van der Waals surface area contributed by atoms with Crippen LogP contribution in [0.25, 0.3) is 0 Å². The third kappa shape index (κ3) is 2.16. The average molecular weight is 364 g/mol. The molecule has 2 unspecified atom stereocenters. The van der Waals surface area contributed by atoms with Gasteiger partial charge in [-0.15, -0.1) is 0 Å². The fraction of sp³-hybridized carbons (Fsp3) is 0.905. The van der Waals surface area contributed by atoms with Gasteiger partial charge >= 0.3 is 5.97 Å². The monoisotopic (exact) mass is 364 g/mol. The Morgan fingerprint density at radius 3 is 2.42 bits per heavy atom. The lowest BCUT2D eigenvalue weighted by atomic mass is 9.42. The standard InChI is InChI=1S/C21H32O5/c1-13(22)26-14-4-8-18(2)15-5-9-19(3)17(23)7-11-21(19,25)16(15)6-10-20(18,24)12-14/h14-16,24-25H,4-12H2,1-3H3/t14?,15-,16+,18+,19+,20?,21+/m0/s1. The number of aliphatic hydroxyl groups is 2. The van der Waals surface area contributed by atoms with E-state index in [1.54, 1.807) is 0 Å². The van der Waals surface area contributed by atoms with E-state index in [1.807, 2.05) is 6.92 Å². The van der Waals surface area contributed by atoms with E-state index >= 15 is 0 Å². The van der Waals surface area contributed by atoms with Crippen LogP contribution in [0.15, 0.2) is 0 Å². The number of ketones is 1. The van der Waals surface area contributed by atoms with Crippen LogP contribution in [0.3, 0.4) is 0 Å². The summed E-state index contributed by atoms with van der Waals surface area (Å²) in [5.74, 6) is 0.206. The summed E-state index contributed by atoms with van der Waals surface area (Å²) in [6.07, 6.45) is 5.81. The van der Waals surface area contributed by atoms with Crippen LogP contribution < -0.4 is 0 Å². The Hall–Kier alpha value is -0.940. The molecule has 0 aromatic carbocycles. The molecule has 4 saturated carbocycles. The number of ether oxygens (including phenoxy) is 1. The average Bonchev–Trinajstić information content (AvgIpc) is 2.79. The molecule has 5 heteroatoms. The summed E-state index contributed by atoms with van der Waals surface area (Å²) < 4.78 is 5.41. The Kier molecular flexibility index (Phi) is 3.93. The van der Waals surface area contributed by atoms with Crippen LogP contribution in [-0.2, 0) is 14.3 Å². The van der Waals surface area contributed by atoms with Crippen molar-refractivity contribution >= 4 is 11.8 Å². The predicted octanol–water partition coefficient (Wildman–Crippen LogP) is 2.76. The van der Waals surface area contributed by atoms with E-state index in [2.05, 4.69) is 6.92 Å². The SMILES string of the molecule is CC(=O)OC1CC[C@]2(C)[C@H]3CC[C@]4(C)C(=O)CC[C@@]4(O)[C@@H]3CCC2(O)C1. The van der Waals surface area contributed by atoms with Crippen LogP contribution >= 0.6 is 0 Å². The molecule has 0 amide bonds. The minimum atomic E-state index is -0.927. The van der Waals surface area contributed by atoms with E-state index in [0.29, 0.717) is 32.1 Å². The smallest absolute Gasteiger partial charge is 0.302 e. The van der Waals surface area contributed by atoms with Crippen molar-refractivity contribution in [3.05, 3.63) is 0 Å². The first-order valence-corrected chi connectivity index (χ1v) is 10.2. The largest absolute Gasteiger partial charge is 0.462 e. The normalized spacial score (nSPS) is 53.4. The van der Waals surface area contributed by atoms with Crippen molar-refractivity contribution in [3.8, 4) is 0 Å². The number of fused-ring (bicyclic) bond motifs is 5. The molecule has 2 N–H and O–H groups in total. The summed E-state index contributed by atoms with van der Waals surface area (Å²) in [5, 5.41) is 23.2. The molecule has 26 heavy (non-hydrogen) atoms. The van der Waals surface area contributed by atoms with Gasteiger partial charge in [-0.25, -0.2) is 0 Å². The summed E-state index contributed by atoms with van der Waals surface area (Å²) >= 11 is 0.